The lowest BCUT2D eigenvalue weighted by Crippen LogP contribution is -1.86. The van der Waals surface area contributed by atoms with Gasteiger partial charge in [0.2, 0.25) is 0 Å². The molecule has 0 unspecified atom stereocenters. The van der Waals surface area contributed by atoms with Gasteiger partial charge in [0.15, 0.2) is 0 Å². The zero-order valence-electron chi connectivity index (χ0n) is 14.9. The van der Waals surface area contributed by atoms with Crippen LogP contribution in [0.25, 0.3) is 0 Å². The Hall–Kier alpha value is -0.0400. The van der Waals surface area contributed by atoms with Gasteiger partial charge in [-0.3, -0.25) is 0 Å². The van der Waals surface area contributed by atoms with Gasteiger partial charge >= 0.3 is 0 Å². The second-order valence-electron chi connectivity index (χ2n) is 6.73. The van der Waals surface area contributed by atoms with Crippen LogP contribution in [0, 0.1) is 0 Å². The van der Waals surface area contributed by atoms with Crippen molar-refractivity contribution in [1.82, 2.24) is 5.73 Å². The summed E-state index contributed by atoms with van der Waals surface area (Å²) in [5.74, 6) is 0. The normalized spacial score (nSPS) is 11.1. The van der Waals surface area contributed by atoms with E-state index in [2.05, 4.69) is 6.92 Å². The third-order valence-electron chi connectivity index (χ3n) is 4.51. The minimum absolute atomic E-state index is 0.374. The zero-order chi connectivity index (χ0) is 15.4. The van der Waals surface area contributed by atoms with Crippen LogP contribution >= 0.6 is 0 Å². The quantitative estimate of drug-likeness (QED) is 0.241. The molecule has 0 bridgehead atoms. The second kappa shape index (κ2) is 20.0. The van der Waals surface area contributed by atoms with E-state index >= 15 is 0 Å². The topological polar surface area (TPSA) is 22.3 Å². The van der Waals surface area contributed by atoms with E-state index in [1.807, 2.05) is 0 Å². The maximum absolute atomic E-state index is 8.69. The summed E-state index contributed by atoms with van der Waals surface area (Å²) in [6, 6.07) is 0. The van der Waals surface area contributed by atoms with Crippen molar-refractivity contribution in [2.24, 2.45) is 0 Å². The van der Waals surface area contributed by atoms with Crippen molar-refractivity contribution in [3.8, 4) is 0 Å². The standard InChI is InChI=1S/C20H41N/c1-2-3-4-5-6-7-8-9-10-11-12-13-14-15-16-17-18-19-20-21/h2-20H2,1H3. The molecular weight excluding hydrogens is 254 g/mol. The monoisotopic (exact) mass is 295 g/mol. The second-order valence-corrected chi connectivity index (χ2v) is 6.73. The fraction of sp³-hybridized carbons (Fsp3) is 1.00. The van der Waals surface area contributed by atoms with Crippen LogP contribution < -0.4 is 5.73 Å². The molecule has 1 nitrogen and oxygen atoms in total. The maximum atomic E-state index is 8.69. The highest BCUT2D eigenvalue weighted by molar-refractivity contribution is 4.50. The van der Waals surface area contributed by atoms with Crippen LogP contribution in [0.5, 0.6) is 0 Å². The summed E-state index contributed by atoms with van der Waals surface area (Å²) in [7, 11) is 0. The molecule has 0 aromatic rings. The van der Waals surface area contributed by atoms with Crippen LogP contribution in [0.2, 0.25) is 0 Å². The van der Waals surface area contributed by atoms with Crippen LogP contribution in [-0.4, -0.2) is 6.54 Å². The molecule has 1 heteroatoms. The van der Waals surface area contributed by atoms with Gasteiger partial charge in [0.05, 0.1) is 0 Å². The van der Waals surface area contributed by atoms with Crippen molar-refractivity contribution in [1.29, 1.82) is 0 Å². The van der Waals surface area contributed by atoms with Gasteiger partial charge in [0.1, 0.15) is 0 Å². The van der Waals surface area contributed by atoms with E-state index in [-0.39, 0.29) is 0 Å². The van der Waals surface area contributed by atoms with E-state index in [9.17, 15) is 0 Å². The van der Waals surface area contributed by atoms with Crippen LogP contribution in [0.3, 0.4) is 0 Å². The molecule has 0 aliphatic rings. The van der Waals surface area contributed by atoms with Crippen molar-refractivity contribution >= 4 is 0 Å². The summed E-state index contributed by atoms with van der Waals surface area (Å²) in [6.07, 6.45) is 25.1. The molecule has 0 aliphatic heterocycles. The lowest BCUT2D eigenvalue weighted by Gasteiger charge is -2.03. The summed E-state index contributed by atoms with van der Waals surface area (Å²) < 4.78 is 0. The highest BCUT2D eigenvalue weighted by atomic mass is 14.5. The van der Waals surface area contributed by atoms with Crippen LogP contribution in [-0.2, 0) is 0 Å². The first-order valence-electron chi connectivity index (χ1n) is 10.0. The smallest absolute Gasteiger partial charge is 0.0321 e. The first-order chi connectivity index (χ1) is 10.4. The third kappa shape index (κ3) is 20.0. The maximum Gasteiger partial charge on any atom is 0.0321 e. The lowest BCUT2D eigenvalue weighted by molar-refractivity contribution is 0.525. The molecular formula is C20H41N. The first-order valence-corrected chi connectivity index (χ1v) is 10.0. The molecule has 0 saturated carbocycles. The largest absolute Gasteiger partial charge is 0.145 e. The Balaban J connectivity index is 2.90. The van der Waals surface area contributed by atoms with Crippen molar-refractivity contribution in [2.45, 2.75) is 122 Å². The van der Waals surface area contributed by atoms with Gasteiger partial charge in [-0.1, -0.05) is 116 Å². The molecule has 21 heavy (non-hydrogen) atoms. The number of rotatable bonds is 18. The number of unbranched alkanes of at least 4 members (excludes halogenated alkanes) is 17. The SMILES string of the molecule is CCCCCCCCCCCCCCCCCCCC[N]. The highest BCUT2D eigenvalue weighted by Crippen LogP contribution is 2.14. The van der Waals surface area contributed by atoms with Crippen LogP contribution in [0.15, 0.2) is 0 Å². The molecule has 0 rings (SSSR count). The van der Waals surface area contributed by atoms with E-state index < -0.39 is 0 Å². The summed E-state index contributed by atoms with van der Waals surface area (Å²) in [5, 5.41) is 0. The average molecular weight is 296 g/mol. The third-order valence-corrected chi connectivity index (χ3v) is 4.51. The molecule has 126 valence electrons. The van der Waals surface area contributed by atoms with E-state index in [0.29, 0.717) is 6.54 Å². The molecule has 0 atom stereocenters. The summed E-state index contributed by atoms with van der Waals surface area (Å²) in [6.45, 7) is 2.66. The van der Waals surface area contributed by atoms with Crippen molar-refractivity contribution in [3.63, 3.8) is 0 Å². The molecule has 2 radical (unpaired) electrons. The van der Waals surface area contributed by atoms with Gasteiger partial charge in [-0.25, -0.2) is 0 Å². The summed E-state index contributed by atoms with van der Waals surface area (Å²) in [4.78, 5) is 0. The predicted octanol–water partition coefficient (Wildman–Crippen LogP) is 7.10. The van der Waals surface area contributed by atoms with Gasteiger partial charge in [-0.2, -0.15) is 0 Å². The van der Waals surface area contributed by atoms with Crippen LogP contribution in [0.1, 0.15) is 122 Å². The van der Waals surface area contributed by atoms with Gasteiger partial charge in [-0.05, 0) is 6.42 Å². The molecule has 0 aromatic carbocycles. The Bertz CT molecular complexity index is 149. The van der Waals surface area contributed by atoms with Crippen molar-refractivity contribution < 1.29 is 0 Å². The van der Waals surface area contributed by atoms with Gasteiger partial charge in [0.25, 0.3) is 0 Å². The summed E-state index contributed by atoms with van der Waals surface area (Å²) >= 11 is 0. The molecule has 0 aliphatic carbocycles. The van der Waals surface area contributed by atoms with Gasteiger partial charge < -0.3 is 0 Å². The minimum atomic E-state index is 0.374. The highest BCUT2D eigenvalue weighted by Gasteiger charge is 1.94. The first kappa shape index (κ1) is 21.0. The Kier molecular flexibility index (Phi) is 19.9. The van der Waals surface area contributed by atoms with E-state index in [1.54, 1.807) is 0 Å². The molecule has 0 spiro atoms. The molecule has 0 fully saturated rings. The number of hydrogen-bond donors (Lipinski definition) is 0. The summed E-state index contributed by atoms with van der Waals surface area (Å²) in [5.41, 5.74) is 8.69. The average Bonchev–Trinajstić information content (AvgIpc) is 2.50. The molecule has 0 amide bonds. The number of hydrogen-bond acceptors (Lipinski definition) is 0. The zero-order valence-corrected chi connectivity index (χ0v) is 14.9. The fourth-order valence-electron chi connectivity index (χ4n) is 3.01. The lowest BCUT2D eigenvalue weighted by atomic mass is 10.0. The van der Waals surface area contributed by atoms with Crippen LogP contribution in [0.4, 0.5) is 0 Å². The Morgan fingerprint density at radius 1 is 0.381 bits per heavy atom. The van der Waals surface area contributed by atoms with Gasteiger partial charge in [-0.15, -0.1) is 5.73 Å². The van der Waals surface area contributed by atoms with E-state index in [0.717, 1.165) is 6.42 Å². The Labute approximate surface area is 135 Å². The Morgan fingerprint density at radius 2 is 0.619 bits per heavy atom. The predicted molar refractivity (Wildman–Crippen MR) is 95.8 cm³/mol. The molecule has 0 saturated heterocycles. The van der Waals surface area contributed by atoms with Crippen molar-refractivity contribution in [2.75, 3.05) is 6.54 Å². The van der Waals surface area contributed by atoms with Gasteiger partial charge in [0, 0.05) is 6.54 Å². The molecule has 0 aromatic heterocycles. The molecule has 0 N–H and O–H groups in total. The molecule has 0 heterocycles. The number of nitrogens with zero attached hydrogens (tertiary/aromatic N) is 1. The van der Waals surface area contributed by atoms with E-state index in [4.69, 9.17) is 5.73 Å². The fourth-order valence-corrected chi connectivity index (χ4v) is 3.01. The van der Waals surface area contributed by atoms with Crippen molar-refractivity contribution in [3.05, 3.63) is 0 Å². The Morgan fingerprint density at radius 3 is 0.857 bits per heavy atom. The van der Waals surface area contributed by atoms with E-state index in [1.165, 1.54) is 109 Å². The minimum Gasteiger partial charge on any atom is -0.145 e.